The minimum Gasteiger partial charge on any atom is -0.370 e. The van der Waals surface area contributed by atoms with Gasteiger partial charge in [0.1, 0.15) is 6.10 Å². The molecule has 0 aromatic heterocycles. The first-order valence-electron chi connectivity index (χ1n) is 6.98. The number of ether oxygens (including phenoxy) is 1. The molecule has 3 atom stereocenters. The topological polar surface area (TPSA) is 26.3 Å². The molecular formula is C16H20O2. The second kappa shape index (κ2) is 4.85. The van der Waals surface area contributed by atoms with Gasteiger partial charge in [-0.3, -0.25) is 4.79 Å². The van der Waals surface area contributed by atoms with Crippen LogP contribution in [-0.2, 0) is 22.4 Å². The Bertz CT molecular complexity index is 452. The van der Waals surface area contributed by atoms with Crippen LogP contribution in [0.1, 0.15) is 30.9 Å². The summed E-state index contributed by atoms with van der Waals surface area (Å²) < 4.78 is 5.62. The van der Waals surface area contributed by atoms with Gasteiger partial charge in [0.2, 0.25) is 0 Å². The van der Waals surface area contributed by atoms with E-state index in [2.05, 4.69) is 31.2 Å². The lowest BCUT2D eigenvalue weighted by molar-refractivity contribution is -0.133. The molecule has 2 heteroatoms. The number of hydrogen-bond acceptors (Lipinski definition) is 2. The van der Waals surface area contributed by atoms with Crippen LogP contribution in [0.4, 0.5) is 0 Å². The number of carbonyl (C=O) groups excluding carboxylic acids is 1. The van der Waals surface area contributed by atoms with E-state index >= 15 is 0 Å². The fourth-order valence-corrected chi connectivity index (χ4v) is 3.23. The molecule has 2 aliphatic rings. The van der Waals surface area contributed by atoms with Gasteiger partial charge < -0.3 is 4.74 Å². The maximum Gasteiger partial charge on any atom is 0.165 e. The molecule has 0 N–H and O–H groups in total. The molecule has 1 aromatic carbocycles. The number of Topliss-reactive ketones (excluding diaryl/α,β-unsaturated/α-hetero) is 1. The highest BCUT2D eigenvalue weighted by Crippen LogP contribution is 2.30. The lowest BCUT2D eigenvalue weighted by atomic mass is 9.79. The lowest BCUT2D eigenvalue weighted by Gasteiger charge is -2.26. The molecule has 96 valence electrons. The monoisotopic (exact) mass is 244 g/mol. The summed E-state index contributed by atoms with van der Waals surface area (Å²) in [7, 11) is 0. The Hall–Kier alpha value is -1.15. The number of fused-ring (bicyclic) bond motifs is 1. The van der Waals surface area contributed by atoms with Gasteiger partial charge in [-0.25, -0.2) is 0 Å². The highest BCUT2D eigenvalue weighted by Gasteiger charge is 2.36. The van der Waals surface area contributed by atoms with Gasteiger partial charge in [0.05, 0.1) is 0 Å². The summed E-state index contributed by atoms with van der Waals surface area (Å²) in [4.78, 5) is 12.5. The van der Waals surface area contributed by atoms with Crippen molar-refractivity contribution in [3.63, 3.8) is 0 Å². The third-order valence-corrected chi connectivity index (χ3v) is 4.42. The molecule has 1 fully saturated rings. The SMILES string of the molecule is CC1CCOC1C(=O)C1CCc2ccccc2C1. The van der Waals surface area contributed by atoms with Crippen molar-refractivity contribution in [1.29, 1.82) is 0 Å². The van der Waals surface area contributed by atoms with Gasteiger partial charge in [0.25, 0.3) is 0 Å². The average molecular weight is 244 g/mol. The van der Waals surface area contributed by atoms with Gasteiger partial charge in [-0.1, -0.05) is 31.2 Å². The Kier molecular flexibility index (Phi) is 3.21. The molecule has 0 spiro atoms. The number of aryl methyl sites for hydroxylation is 1. The van der Waals surface area contributed by atoms with Gasteiger partial charge in [-0.05, 0) is 42.7 Å². The van der Waals surface area contributed by atoms with Crippen LogP contribution in [0.15, 0.2) is 24.3 Å². The predicted octanol–water partition coefficient (Wildman–Crippen LogP) is 2.79. The Balaban J connectivity index is 1.74. The van der Waals surface area contributed by atoms with E-state index in [1.54, 1.807) is 0 Å². The maximum absolute atomic E-state index is 12.5. The highest BCUT2D eigenvalue weighted by atomic mass is 16.5. The van der Waals surface area contributed by atoms with Crippen LogP contribution < -0.4 is 0 Å². The summed E-state index contributed by atoms with van der Waals surface area (Å²) in [5, 5.41) is 0. The van der Waals surface area contributed by atoms with E-state index in [0.717, 1.165) is 32.3 Å². The van der Waals surface area contributed by atoms with Crippen molar-refractivity contribution in [3.8, 4) is 0 Å². The maximum atomic E-state index is 12.5. The molecule has 1 aliphatic carbocycles. The number of ketones is 1. The van der Waals surface area contributed by atoms with E-state index in [1.807, 2.05) is 0 Å². The van der Waals surface area contributed by atoms with Crippen molar-refractivity contribution in [2.75, 3.05) is 6.61 Å². The van der Waals surface area contributed by atoms with Crippen LogP contribution in [0.5, 0.6) is 0 Å². The quantitative estimate of drug-likeness (QED) is 0.799. The first-order chi connectivity index (χ1) is 8.75. The summed E-state index contributed by atoms with van der Waals surface area (Å²) in [6.45, 7) is 2.88. The van der Waals surface area contributed by atoms with Crippen molar-refractivity contribution in [3.05, 3.63) is 35.4 Å². The summed E-state index contributed by atoms with van der Waals surface area (Å²) in [5.41, 5.74) is 2.77. The van der Waals surface area contributed by atoms with E-state index in [-0.39, 0.29) is 12.0 Å². The van der Waals surface area contributed by atoms with E-state index in [0.29, 0.717) is 11.7 Å². The molecule has 1 heterocycles. The number of carbonyl (C=O) groups is 1. The van der Waals surface area contributed by atoms with Crippen LogP contribution in [0.3, 0.4) is 0 Å². The van der Waals surface area contributed by atoms with Crippen molar-refractivity contribution >= 4 is 5.78 Å². The molecule has 18 heavy (non-hydrogen) atoms. The normalized spacial score (nSPS) is 31.1. The molecule has 1 aromatic rings. The lowest BCUT2D eigenvalue weighted by Crippen LogP contribution is -2.34. The molecule has 0 bridgehead atoms. The third kappa shape index (κ3) is 2.10. The van der Waals surface area contributed by atoms with Gasteiger partial charge >= 0.3 is 0 Å². The van der Waals surface area contributed by atoms with Gasteiger partial charge in [0, 0.05) is 12.5 Å². The third-order valence-electron chi connectivity index (χ3n) is 4.42. The van der Waals surface area contributed by atoms with Crippen molar-refractivity contribution in [1.82, 2.24) is 0 Å². The largest absolute Gasteiger partial charge is 0.370 e. The van der Waals surface area contributed by atoms with E-state index in [1.165, 1.54) is 11.1 Å². The first kappa shape index (κ1) is 11.9. The predicted molar refractivity (Wildman–Crippen MR) is 70.5 cm³/mol. The molecular weight excluding hydrogens is 224 g/mol. The molecule has 3 rings (SSSR count). The second-order valence-corrected chi connectivity index (χ2v) is 5.67. The van der Waals surface area contributed by atoms with Crippen molar-refractivity contribution < 1.29 is 9.53 Å². The van der Waals surface area contributed by atoms with Crippen molar-refractivity contribution in [2.45, 2.75) is 38.7 Å². The van der Waals surface area contributed by atoms with Crippen LogP contribution in [-0.4, -0.2) is 18.5 Å². The Morgan fingerprint density at radius 2 is 2.00 bits per heavy atom. The zero-order chi connectivity index (χ0) is 12.5. The fraction of sp³-hybridized carbons (Fsp3) is 0.562. The smallest absolute Gasteiger partial charge is 0.165 e. The molecule has 0 amide bonds. The van der Waals surface area contributed by atoms with Crippen LogP contribution in [0, 0.1) is 11.8 Å². The molecule has 0 saturated carbocycles. The van der Waals surface area contributed by atoms with Crippen LogP contribution >= 0.6 is 0 Å². The highest BCUT2D eigenvalue weighted by molar-refractivity contribution is 5.86. The number of rotatable bonds is 2. The number of benzene rings is 1. The minimum absolute atomic E-state index is 0.139. The Morgan fingerprint density at radius 3 is 2.72 bits per heavy atom. The van der Waals surface area contributed by atoms with Crippen LogP contribution in [0.2, 0.25) is 0 Å². The summed E-state index contributed by atoms with van der Waals surface area (Å²) in [6, 6.07) is 8.50. The standard InChI is InChI=1S/C16H20O2/c1-11-8-9-18-16(11)15(17)14-7-6-12-4-2-3-5-13(12)10-14/h2-5,11,14,16H,6-10H2,1H3. The van der Waals surface area contributed by atoms with E-state index < -0.39 is 0 Å². The summed E-state index contributed by atoms with van der Waals surface area (Å²) >= 11 is 0. The first-order valence-corrected chi connectivity index (χ1v) is 6.98. The zero-order valence-corrected chi connectivity index (χ0v) is 10.9. The zero-order valence-electron chi connectivity index (χ0n) is 10.9. The van der Waals surface area contributed by atoms with Crippen LogP contribution in [0.25, 0.3) is 0 Å². The van der Waals surface area contributed by atoms with Gasteiger partial charge in [-0.2, -0.15) is 0 Å². The average Bonchev–Trinajstić information content (AvgIpc) is 2.83. The fourth-order valence-electron chi connectivity index (χ4n) is 3.23. The van der Waals surface area contributed by atoms with E-state index in [9.17, 15) is 4.79 Å². The Labute approximate surface area is 108 Å². The molecule has 3 unspecified atom stereocenters. The molecule has 1 aliphatic heterocycles. The molecule has 0 radical (unpaired) electrons. The summed E-state index contributed by atoms with van der Waals surface area (Å²) in [5.74, 6) is 0.912. The van der Waals surface area contributed by atoms with Gasteiger partial charge in [0.15, 0.2) is 5.78 Å². The van der Waals surface area contributed by atoms with E-state index in [4.69, 9.17) is 4.74 Å². The minimum atomic E-state index is -0.139. The van der Waals surface area contributed by atoms with Gasteiger partial charge in [-0.15, -0.1) is 0 Å². The molecule has 2 nitrogen and oxygen atoms in total. The van der Waals surface area contributed by atoms with Crippen molar-refractivity contribution in [2.24, 2.45) is 11.8 Å². The molecule has 1 saturated heterocycles. The summed E-state index contributed by atoms with van der Waals surface area (Å²) in [6.07, 6.45) is 3.82. The second-order valence-electron chi connectivity index (χ2n) is 5.67. The number of hydrogen-bond donors (Lipinski definition) is 0. The Morgan fingerprint density at radius 1 is 1.22 bits per heavy atom.